The Morgan fingerprint density at radius 2 is 2.36 bits per heavy atom. The van der Waals surface area contributed by atoms with Gasteiger partial charge in [-0.1, -0.05) is 13.3 Å². The van der Waals surface area contributed by atoms with Gasteiger partial charge in [-0.3, -0.25) is 0 Å². The van der Waals surface area contributed by atoms with Gasteiger partial charge in [0.2, 0.25) is 0 Å². The lowest BCUT2D eigenvalue weighted by atomic mass is 9.70. The second-order valence-electron chi connectivity index (χ2n) is 4.45. The van der Waals surface area contributed by atoms with E-state index in [-0.39, 0.29) is 5.41 Å². The van der Waals surface area contributed by atoms with Gasteiger partial charge in [-0.2, -0.15) is 0 Å². The van der Waals surface area contributed by atoms with Gasteiger partial charge in [0, 0.05) is 5.41 Å². The first-order chi connectivity index (χ1) is 6.74. The molecule has 0 atom stereocenters. The van der Waals surface area contributed by atoms with Gasteiger partial charge < -0.3 is 10.2 Å². The minimum Gasteiger partial charge on any atom is -0.448 e. The largest absolute Gasteiger partial charge is 0.448 e. The minimum absolute atomic E-state index is 0.223. The third-order valence-corrected chi connectivity index (χ3v) is 3.16. The molecule has 1 aliphatic rings. The molecule has 0 saturated heterocycles. The van der Waals surface area contributed by atoms with Gasteiger partial charge in [-0.15, -0.1) is 0 Å². The van der Waals surface area contributed by atoms with E-state index in [1.54, 1.807) is 6.26 Å². The monoisotopic (exact) mass is 194 g/mol. The van der Waals surface area contributed by atoms with Crippen LogP contribution < -0.4 is 5.73 Å². The Kier molecular flexibility index (Phi) is 2.59. The molecular formula is C11H18N2O. The van der Waals surface area contributed by atoms with Crippen molar-refractivity contribution in [2.75, 3.05) is 6.54 Å². The molecule has 0 bridgehead atoms. The Morgan fingerprint density at radius 3 is 2.93 bits per heavy atom. The molecule has 14 heavy (non-hydrogen) atoms. The molecule has 2 N–H and O–H groups in total. The van der Waals surface area contributed by atoms with E-state index in [9.17, 15) is 0 Å². The molecule has 3 nitrogen and oxygen atoms in total. The number of hydrogen-bond acceptors (Lipinski definition) is 3. The Balaban J connectivity index is 2.02. The van der Waals surface area contributed by atoms with Crippen molar-refractivity contribution in [3.8, 4) is 0 Å². The number of rotatable bonds is 4. The molecule has 0 amide bonds. The van der Waals surface area contributed by atoms with Crippen molar-refractivity contribution in [2.24, 2.45) is 5.73 Å². The summed E-state index contributed by atoms with van der Waals surface area (Å²) in [6, 6.07) is 0. The van der Waals surface area contributed by atoms with Crippen LogP contribution in [0.15, 0.2) is 10.7 Å². The molecule has 1 heterocycles. The molecule has 0 radical (unpaired) electrons. The van der Waals surface area contributed by atoms with E-state index in [2.05, 4.69) is 11.9 Å². The Bertz CT molecular complexity index is 302. The van der Waals surface area contributed by atoms with Gasteiger partial charge in [0.15, 0.2) is 5.89 Å². The van der Waals surface area contributed by atoms with Crippen LogP contribution in [0.25, 0.3) is 0 Å². The average Bonchev–Trinajstić information content (AvgIpc) is 2.59. The van der Waals surface area contributed by atoms with Crippen LogP contribution >= 0.6 is 0 Å². The van der Waals surface area contributed by atoms with Gasteiger partial charge >= 0.3 is 0 Å². The number of aryl methyl sites for hydroxylation is 1. The average molecular weight is 194 g/mol. The fourth-order valence-corrected chi connectivity index (χ4v) is 1.90. The predicted octanol–water partition coefficient (Wildman–Crippen LogP) is 2.01. The second kappa shape index (κ2) is 3.73. The van der Waals surface area contributed by atoms with Crippen LogP contribution in [0.5, 0.6) is 0 Å². The standard InChI is InChI=1S/C11H18N2O/c1-11(5-3-6-11)10-13-9(8-14-10)4-2-7-12/h8H,2-7,12H2,1H3. The molecule has 1 aromatic rings. The maximum Gasteiger partial charge on any atom is 0.200 e. The van der Waals surface area contributed by atoms with Crippen LogP contribution in [0, 0.1) is 0 Å². The van der Waals surface area contributed by atoms with E-state index in [1.165, 1.54) is 19.3 Å². The molecule has 78 valence electrons. The zero-order chi connectivity index (χ0) is 10.0. The minimum atomic E-state index is 0.223. The van der Waals surface area contributed by atoms with Gasteiger partial charge in [0.05, 0.1) is 5.69 Å². The molecule has 0 aromatic carbocycles. The van der Waals surface area contributed by atoms with Crippen molar-refractivity contribution in [3.05, 3.63) is 17.8 Å². The molecule has 3 heteroatoms. The summed E-state index contributed by atoms with van der Waals surface area (Å²) in [5.41, 5.74) is 6.73. The van der Waals surface area contributed by atoms with E-state index >= 15 is 0 Å². The van der Waals surface area contributed by atoms with Crippen LogP contribution in [-0.4, -0.2) is 11.5 Å². The van der Waals surface area contributed by atoms with Crippen molar-refractivity contribution >= 4 is 0 Å². The maximum absolute atomic E-state index is 5.52. The molecule has 0 unspecified atom stereocenters. The van der Waals surface area contributed by atoms with Gasteiger partial charge in [-0.25, -0.2) is 4.98 Å². The first kappa shape index (κ1) is 9.71. The fourth-order valence-electron chi connectivity index (χ4n) is 1.90. The molecule has 0 aliphatic heterocycles. The van der Waals surface area contributed by atoms with Crippen molar-refractivity contribution in [3.63, 3.8) is 0 Å². The van der Waals surface area contributed by atoms with E-state index < -0.39 is 0 Å². The number of nitrogens with zero attached hydrogens (tertiary/aromatic N) is 1. The van der Waals surface area contributed by atoms with E-state index in [4.69, 9.17) is 10.2 Å². The lowest BCUT2D eigenvalue weighted by Crippen LogP contribution is -2.30. The third-order valence-electron chi connectivity index (χ3n) is 3.16. The van der Waals surface area contributed by atoms with Crippen molar-refractivity contribution in [2.45, 2.75) is 44.4 Å². The molecule has 1 aromatic heterocycles. The van der Waals surface area contributed by atoms with Gasteiger partial charge in [-0.05, 0) is 32.2 Å². The number of aromatic nitrogens is 1. The van der Waals surface area contributed by atoms with Crippen molar-refractivity contribution in [1.29, 1.82) is 0 Å². The molecule has 0 spiro atoms. The Hall–Kier alpha value is -0.830. The van der Waals surface area contributed by atoms with Gasteiger partial charge in [0.25, 0.3) is 0 Å². The fraction of sp³-hybridized carbons (Fsp3) is 0.727. The molecule has 2 rings (SSSR count). The third kappa shape index (κ3) is 1.69. The summed E-state index contributed by atoms with van der Waals surface area (Å²) in [5.74, 6) is 0.927. The highest BCUT2D eigenvalue weighted by atomic mass is 16.3. The van der Waals surface area contributed by atoms with Crippen molar-refractivity contribution < 1.29 is 4.42 Å². The molecule has 1 fully saturated rings. The zero-order valence-corrected chi connectivity index (χ0v) is 8.75. The van der Waals surface area contributed by atoms with Crippen molar-refractivity contribution in [1.82, 2.24) is 4.98 Å². The lowest BCUT2D eigenvalue weighted by Gasteiger charge is -2.34. The molecule has 1 saturated carbocycles. The van der Waals surface area contributed by atoms with Gasteiger partial charge in [0.1, 0.15) is 6.26 Å². The summed E-state index contributed by atoms with van der Waals surface area (Å²) in [7, 11) is 0. The topological polar surface area (TPSA) is 52.0 Å². The van der Waals surface area contributed by atoms with Crippen LogP contribution in [0.3, 0.4) is 0 Å². The summed E-state index contributed by atoms with van der Waals surface area (Å²) >= 11 is 0. The van der Waals surface area contributed by atoms with Crippen LogP contribution in [0.2, 0.25) is 0 Å². The smallest absolute Gasteiger partial charge is 0.200 e. The highest BCUT2D eigenvalue weighted by Gasteiger charge is 2.37. The normalized spacial score (nSPS) is 19.3. The SMILES string of the molecule is CC1(c2nc(CCCN)co2)CCC1. The quantitative estimate of drug-likeness (QED) is 0.797. The number of hydrogen-bond donors (Lipinski definition) is 1. The van der Waals surface area contributed by atoms with E-state index in [0.29, 0.717) is 0 Å². The van der Waals surface area contributed by atoms with Crippen LogP contribution in [-0.2, 0) is 11.8 Å². The summed E-state index contributed by atoms with van der Waals surface area (Å²) < 4.78 is 5.52. The van der Waals surface area contributed by atoms with Crippen LogP contribution in [0.1, 0.15) is 44.2 Å². The summed E-state index contributed by atoms with van der Waals surface area (Å²) in [4.78, 5) is 4.52. The lowest BCUT2D eigenvalue weighted by molar-refractivity contribution is 0.214. The van der Waals surface area contributed by atoms with E-state index in [1.807, 2.05) is 0 Å². The second-order valence-corrected chi connectivity index (χ2v) is 4.45. The zero-order valence-electron chi connectivity index (χ0n) is 8.75. The summed E-state index contributed by atoms with van der Waals surface area (Å²) in [6.45, 7) is 2.95. The highest BCUT2D eigenvalue weighted by molar-refractivity contribution is 5.10. The molecule has 1 aliphatic carbocycles. The number of oxazole rings is 1. The summed E-state index contributed by atoms with van der Waals surface area (Å²) in [5, 5.41) is 0. The maximum atomic E-state index is 5.52. The summed E-state index contributed by atoms with van der Waals surface area (Å²) in [6.07, 6.45) is 7.44. The van der Waals surface area contributed by atoms with Crippen LogP contribution in [0.4, 0.5) is 0 Å². The predicted molar refractivity (Wildman–Crippen MR) is 55.1 cm³/mol. The van der Waals surface area contributed by atoms with E-state index in [0.717, 1.165) is 31.0 Å². The Morgan fingerprint density at radius 1 is 1.57 bits per heavy atom. The Labute approximate surface area is 84.7 Å². The number of nitrogens with two attached hydrogens (primary N) is 1. The molecular weight excluding hydrogens is 176 g/mol. The first-order valence-corrected chi connectivity index (χ1v) is 5.39. The highest BCUT2D eigenvalue weighted by Crippen LogP contribution is 2.42. The first-order valence-electron chi connectivity index (χ1n) is 5.39.